The van der Waals surface area contributed by atoms with Crippen LogP contribution in [0.4, 0.5) is 11.5 Å². The first-order valence-electron chi connectivity index (χ1n) is 11.6. The standard InChI is InChI=1S/C25H25N7O3/c1-2-18-15-23(29-24(26-18)17-7-9-19(10-8-17)32(34)35)31-13-11-30(12-14-31)16-22-27-21-6-4-3-5-20(21)25(33)28-22/h3-10,15H,2,11-14,16H2,1H3,(H,27,28,33). The molecule has 0 aliphatic carbocycles. The molecule has 2 aromatic heterocycles. The zero-order valence-corrected chi connectivity index (χ0v) is 19.3. The first kappa shape index (κ1) is 22.6. The SMILES string of the molecule is CCc1cc(N2CCN(Cc3nc4ccccc4c(=O)[nH]3)CC2)nc(-c2ccc([N+](=O)[O-])cc2)n1. The summed E-state index contributed by atoms with van der Waals surface area (Å²) in [6, 6.07) is 15.7. The van der Waals surface area contributed by atoms with Crippen molar-refractivity contribution < 1.29 is 4.92 Å². The number of non-ortho nitro benzene ring substituents is 1. The Hall–Kier alpha value is -4.18. The number of H-pyrrole nitrogens is 1. The minimum absolute atomic E-state index is 0.0407. The smallest absolute Gasteiger partial charge is 0.269 e. The number of nitro benzene ring substituents is 1. The molecule has 0 amide bonds. The second-order valence-corrected chi connectivity index (χ2v) is 8.49. The minimum Gasteiger partial charge on any atom is -0.354 e. The van der Waals surface area contributed by atoms with E-state index >= 15 is 0 Å². The van der Waals surface area contributed by atoms with Crippen molar-refractivity contribution in [1.82, 2.24) is 24.8 Å². The Labute approximate surface area is 201 Å². The number of aryl methyl sites for hydroxylation is 1. The number of nitrogens with zero attached hydrogens (tertiary/aromatic N) is 6. The zero-order valence-electron chi connectivity index (χ0n) is 19.3. The Morgan fingerprint density at radius 2 is 1.74 bits per heavy atom. The summed E-state index contributed by atoms with van der Waals surface area (Å²) < 4.78 is 0. The van der Waals surface area contributed by atoms with E-state index in [1.165, 1.54) is 12.1 Å². The monoisotopic (exact) mass is 471 g/mol. The molecule has 1 saturated heterocycles. The maximum absolute atomic E-state index is 12.4. The van der Waals surface area contributed by atoms with Crippen molar-refractivity contribution in [2.75, 3.05) is 31.1 Å². The fourth-order valence-corrected chi connectivity index (χ4v) is 4.24. The lowest BCUT2D eigenvalue weighted by Gasteiger charge is -2.35. The highest BCUT2D eigenvalue weighted by Crippen LogP contribution is 2.24. The van der Waals surface area contributed by atoms with E-state index in [9.17, 15) is 14.9 Å². The van der Waals surface area contributed by atoms with Crippen LogP contribution in [0.1, 0.15) is 18.4 Å². The normalized spacial score (nSPS) is 14.4. The van der Waals surface area contributed by atoms with Crippen LogP contribution in [0.3, 0.4) is 0 Å². The number of nitrogens with one attached hydrogen (secondary N) is 1. The molecule has 0 radical (unpaired) electrons. The molecule has 4 aromatic rings. The fourth-order valence-electron chi connectivity index (χ4n) is 4.24. The number of hydrogen-bond acceptors (Lipinski definition) is 8. The van der Waals surface area contributed by atoms with Gasteiger partial charge in [-0.3, -0.25) is 19.8 Å². The van der Waals surface area contributed by atoms with Gasteiger partial charge in [-0.15, -0.1) is 0 Å². The number of aromatic nitrogens is 4. The molecular weight excluding hydrogens is 446 g/mol. The van der Waals surface area contributed by atoms with E-state index in [0.29, 0.717) is 29.1 Å². The van der Waals surface area contributed by atoms with Gasteiger partial charge in [0.05, 0.1) is 22.4 Å². The highest BCUT2D eigenvalue weighted by Gasteiger charge is 2.21. The van der Waals surface area contributed by atoms with Crippen molar-refractivity contribution in [1.29, 1.82) is 0 Å². The lowest BCUT2D eigenvalue weighted by atomic mass is 10.2. The van der Waals surface area contributed by atoms with Crippen LogP contribution in [-0.2, 0) is 13.0 Å². The van der Waals surface area contributed by atoms with Crippen LogP contribution in [0.15, 0.2) is 59.4 Å². The molecule has 3 heterocycles. The number of fused-ring (bicyclic) bond motifs is 1. The lowest BCUT2D eigenvalue weighted by Crippen LogP contribution is -2.46. The van der Waals surface area contributed by atoms with E-state index in [1.807, 2.05) is 31.2 Å². The second-order valence-electron chi connectivity index (χ2n) is 8.49. The maximum atomic E-state index is 12.4. The number of hydrogen-bond donors (Lipinski definition) is 1. The summed E-state index contributed by atoms with van der Waals surface area (Å²) in [5.41, 5.74) is 2.30. The van der Waals surface area contributed by atoms with Crippen LogP contribution in [-0.4, -0.2) is 55.9 Å². The Morgan fingerprint density at radius 3 is 2.46 bits per heavy atom. The molecule has 0 saturated carbocycles. The van der Waals surface area contributed by atoms with Crippen LogP contribution in [0.25, 0.3) is 22.3 Å². The van der Waals surface area contributed by atoms with Crippen molar-refractivity contribution >= 4 is 22.4 Å². The quantitative estimate of drug-likeness (QED) is 0.336. The number of nitro groups is 1. The first-order chi connectivity index (χ1) is 17.0. The molecule has 10 nitrogen and oxygen atoms in total. The third-order valence-corrected chi connectivity index (χ3v) is 6.20. The molecule has 1 N–H and O–H groups in total. The van der Waals surface area contributed by atoms with Gasteiger partial charge in [-0.1, -0.05) is 19.1 Å². The molecule has 178 valence electrons. The van der Waals surface area contributed by atoms with Gasteiger partial charge in [-0.2, -0.15) is 0 Å². The van der Waals surface area contributed by atoms with E-state index in [4.69, 9.17) is 4.98 Å². The fraction of sp³-hybridized carbons (Fsp3) is 0.280. The summed E-state index contributed by atoms with van der Waals surface area (Å²) in [7, 11) is 0. The van der Waals surface area contributed by atoms with E-state index in [1.54, 1.807) is 18.2 Å². The molecule has 10 heteroatoms. The van der Waals surface area contributed by atoms with Crippen LogP contribution in [0.5, 0.6) is 0 Å². The van der Waals surface area contributed by atoms with Crippen molar-refractivity contribution in [3.8, 4) is 11.4 Å². The minimum atomic E-state index is -0.416. The first-order valence-corrected chi connectivity index (χ1v) is 11.6. The predicted octanol–water partition coefficient (Wildman–Crippen LogP) is 3.17. The number of rotatable bonds is 6. The van der Waals surface area contributed by atoms with Gasteiger partial charge >= 0.3 is 0 Å². The van der Waals surface area contributed by atoms with E-state index in [2.05, 4.69) is 24.8 Å². The van der Waals surface area contributed by atoms with Crippen molar-refractivity contribution in [3.05, 3.63) is 86.6 Å². The van der Waals surface area contributed by atoms with Crippen molar-refractivity contribution in [2.45, 2.75) is 19.9 Å². The highest BCUT2D eigenvalue weighted by molar-refractivity contribution is 5.77. The number of piperazine rings is 1. The summed E-state index contributed by atoms with van der Waals surface area (Å²) in [4.78, 5) is 44.3. The van der Waals surface area contributed by atoms with Crippen LogP contribution < -0.4 is 10.5 Å². The molecule has 0 unspecified atom stereocenters. The number of para-hydroxylation sites is 1. The molecule has 1 aliphatic rings. The molecule has 1 aliphatic heterocycles. The topological polar surface area (TPSA) is 121 Å². The Kier molecular flexibility index (Phi) is 6.19. The van der Waals surface area contributed by atoms with Crippen LogP contribution in [0, 0.1) is 10.1 Å². The largest absolute Gasteiger partial charge is 0.354 e. The summed E-state index contributed by atoms with van der Waals surface area (Å²) in [6.45, 7) is 5.77. The molecule has 1 fully saturated rings. The van der Waals surface area contributed by atoms with Crippen LogP contribution in [0.2, 0.25) is 0 Å². The average molecular weight is 472 g/mol. The van der Waals surface area contributed by atoms with Gasteiger partial charge in [-0.05, 0) is 30.7 Å². The second kappa shape index (κ2) is 9.59. The number of anilines is 1. The van der Waals surface area contributed by atoms with Crippen LogP contribution >= 0.6 is 0 Å². The van der Waals surface area contributed by atoms with Gasteiger partial charge in [0.1, 0.15) is 11.6 Å². The average Bonchev–Trinajstić information content (AvgIpc) is 2.89. The predicted molar refractivity (Wildman–Crippen MR) is 133 cm³/mol. The van der Waals surface area contributed by atoms with Gasteiger partial charge in [0, 0.05) is 55.6 Å². The molecule has 5 rings (SSSR count). The summed E-state index contributed by atoms with van der Waals surface area (Å²) in [5, 5.41) is 11.6. The van der Waals surface area contributed by atoms with Gasteiger partial charge in [-0.25, -0.2) is 15.0 Å². The van der Waals surface area contributed by atoms with Crippen molar-refractivity contribution in [2.24, 2.45) is 0 Å². The van der Waals surface area contributed by atoms with Gasteiger partial charge in [0.2, 0.25) is 0 Å². The Bertz CT molecular complexity index is 1430. The third kappa shape index (κ3) is 4.87. The van der Waals surface area contributed by atoms with Gasteiger partial charge < -0.3 is 9.88 Å². The highest BCUT2D eigenvalue weighted by atomic mass is 16.6. The van der Waals surface area contributed by atoms with Crippen molar-refractivity contribution in [3.63, 3.8) is 0 Å². The van der Waals surface area contributed by atoms with E-state index in [-0.39, 0.29) is 11.2 Å². The summed E-state index contributed by atoms with van der Waals surface area (Å²) >= 11 is 0. The molecule has 2 aromatic carbocycles. The Morgan fingerprint density at radius 1 is 1.00 bits per heavy atom. The number of benzene rings is 2. The van der Waals surface area contributed by atoms with E-state index < -0.39 is 4.92 Å². The van der Waals surface area contributed by atoms with Gasteiger partial charge in [0.15, 0.2) is 5.82 Å². The third-order valence-electron chi connectivity index (χ3n) is 6.20. The molecule has 0 bridgehead atoms. The zero-order chi connectivity index (χ0) is 24.4. The summed E-state index contributed by atoms with van der Waals surface area (Å²) in [6.07, 6.45) is 0.760. The molecule has 35 heavy (non-hydrogen) atoms. The molecular formula is C25H25N7O3. The number of aromatic amines is 1. The Balaban J connectivity index is 1.30. The van der Waals surface area contributed by atoms with Gasteiger partial charge in [0.25, 0.3) is 11.2 Å². The summed E-state index contributed by atoms with van der Waals surface area (Å²) in [5.74, 6) is 2.08. The lowest BCUT2D eigenvalue weighted by molar-refractivity contribution is -0.384. The van der Waals surface area contributed by atoms with E-state index in [0.717, 1.165) is 49.7 Å². The molecule has 0 spiro atoms. The maximum Gasteiger partial charge on any atom is 0.269 e. The molecule has 0 atom stereocenters.